The van der Waals surface area contributed by atoms with Crippen LogP contribution in [-0.4, -0.2) is 56.0 Å². The smallest absolute Gasteiger partial charge is 0.226 e. The minimum Gasteiger partial charge on any atom is -0.494 e. The number of aryl methyl sites for hydroxylation is 2. The Hall–Kier alpha value is -1.55. The van der Waals surface area contributed by atoms with Gasteiger partial charge in [0.1, 0.15) is 5.75 Å². The highest BCUT2D eigenvalue weighted by Gasteiger charge is 2.28. The van der Waals surface area contributed by atoms with Gasteiger partial charge in [0.25, 0.3) is 0 Å². The molecule has 1 aromatic rings. The van der Waals surface area contributed by atoms with Crippen LogP contribution in [0.3, 0.4) is 0 Å². The van der Waals surface area contributed by atoms with E-state index in [-0.39, 0.29) is 11.8 Å². The number of likely N-dealkylation sites (tertiary alicyclic amines) is 1. The summed E-state index contributed by atoms with van der Waals surface area (Å²) in [6, 6.07) is 6.15. The van der Waals surface area contributed by atoms with Gasteiger partial charge in [0.2, 0.25) is 5.91 Å². The number of carbonyl (C=O) groups is 1. The highest BCUT2D eigenvalue weighted by molar-refractivity contribution is 5.79. The van der Waals surface area contributed by atoms with Crippen LogP contribution in [0.1, 0.15) is 24.0 Å². The molecule has 0 radical (unpaired) electrons. The van der Waals surface area contributed by atoms with Crippen LogP contribution in [0.5, 0.6) is 5.75 Å². The predicted octanol–water partition coefficient (Wildman–Crippen LogP) is 2.48. The van der Waals surface area contributed by atoms with Crippen LogP contribution < -0.4 is 4.74 Å². The number of carbonyl (C=O) groups excluding carboxylic acids is 1. The molecular weight excluding hydrogens is 276 g/mol. The Balaban J connectivity index is 1.69. The van der Waals surface area contributed by atoms with Crippen molar-refractivity contribution in [1.29, 1.82) is 0 Å². The van der Waals surface area contributed by atoms with Gasteiger partial charge < -0.3 is 14.5 Å². The monoisotopic (exact) mass is 304 g/mol. The SMILES string of the molecule is Cc1ccc(OCCCN(C)C(=O)[C@H]2CCN(C)C2)cc1C. The van der Waals surface area contributed by atoms with Gasteiger partial charge in [0, 0.05) is 20.1 Å². The van der Waals surface area contributed by atoms with E-state index in [1.165, 1.54) is 11.1 Å². The van der Waals surface area contributed by atoms with Gasteiger partial charge in [0.15, 0.2) is 0 Å². The van der Waals surface area contributed by atoms with Gasteiger partial charge in [-0.15, -0.1) is 0 Å². The van der Waals surface area contributed by atoms with Crippen molar-refractivity contribution in [2.75, 3.05) is 40.3 Å². The van der Waals surface area contributed by atoms with Crippen molar-refractivity contribution >= 4 is 5.91 Å². The van der Waals surface area contributed by atoms with Gasteiger partial charge >= 0.3 is 0 Å². The molecule has 1 aliphatic rings. The molecule has 1 fully saturated rings. The van der Waals surface area contributed by atoms with Crippen molar-refractivity contribution in [2.45, 2.75) is 26.7 Å². The molecule has 0 spiro atoms. The summed E-state index contributed by atoms with van der Waals surface area (Å²) < 4.78 is 5.77. The maximum atomic E-state index is 12.3. The summed E-state index contributed by atoms with van der Waals surface area (Å²) in [5.41, 5.74) is 2.52. The highest BCUT2D eigenvalue weighted by Crippen LogP contribution is 2.18. The number of hydrogen-bond donors (Lipinski definition) is 0. The van der Waals surface area contributed by atoms with Crippen LogP contribution in [-0.2, 0) is 4.79 Å². The molecule has 4 heteroatoms. The van der Waals surface area contributed by atoms with Crippen molar-refractivity contribution in [3.63, 3.8) is 0 Å². The third-order valence-corrected chi connectivity index (χ3v) is 4.50. The first-order chi connectivity index (χ1) is 10.5. The summed E-state index contributed by atoms with van der Waals surface area (Å²) in [4.78, 5) is 16.4. The number of nitrogens with zero attached hydrogens (tertiary/aromatic N) is 2. The normalized spacial score (nSPS) is 18.5. The average Bonchev–Trinajstić information content (AvgIpc) is 2.92. The van der Waals surface area contributed by atoms with Crippen molar-refractivity contribution in [3.05, 3.63) is 29.3 Å². The fourth-order valence-electron chi connectivity index (χ4n) is 2.85. The number of benzene rings is 1. The second-order valence-corrected chi connectivity index (χ2v) is 6.46. The summed E-state index contributed by atoms with van der Waals surface area (Å²) in [6.45, 7) is 7.50. The number of rotatable bonds is 6. The number of amides is 1. The lowest BCUT2D eigenvalue weighted by atomic mass is 10.1. The molecule has 0 saturated carbocycles. The molecule has 0 bridgehead atoms. The Morgan fingerprint density at radius 3 is 2.77 bits per heavy atom. The molecule has 22 heavy (non-hydrogen) atoms. The van der Waals surface area contributed by atoms with E-state index in [0.717, 1.165) is 38.2 Å². The Bertz CT molecular complexity index is 516. The van der Waals surface area contributed by atoms with E-state index in [9.17, 15) is 4.79 Å². The zero-order chi connectivity index (χ0) is 16.1. The molecule has 1 aromatic carbocycles. The first-order valence-corrected chi connectivity index (χ1v) is 8.11. The molecule has 1 heterocycles. The molecule has 122 valence electrons. The van der Waals surface area contributed by atoms with E-state index in [4.69, 9.17) is 4.74 Å². The van der Waals surface area contributed by atoms with E-state index in [1.807, 2.05) is 18.0 Å². The maximum absolute atomic E-state index is 12.3. The van der Waals surface area contributed by atoms with Gasteiger partial charge in [-0.1, -0.05) is 6.07 Å². The van der Waals surface area contributed by atoms with Crippen molar-refractivity contribution < 1.29 is 9.53 Å². The molecule has 1 atom stereocenters. The molecule has 2 rings (SSSR count). The second kappa shape index (κ2) is 7.63. The van der Waals surface area contributed by atoms with Crippen LogP contribution in [0, 0.1) is 19.8 Å². The molecule has 0 N–H and O–H groups in total. The Morgan fingerprint density at radius 2 is 2.14 bits per heavy atom. The summed E-state index contributed by atoms with van der Waals surface area (Å²) >= 11 is 0. The lowest BCUT2D eigenvalue weighted by Crippen LogP contribution is -2.35. The second-order valence-electron chi connectivity index (χ2n) is 6.46. The molecule has 1 amide bonds. The molecule has 4 nitrogen and oxygen atoms in total. The zero-order valence-corrected chi connectivity index (χ0v) is 14.3. The third kappa shape index (κ3) is 4.47. The molecule has 0 unspecified atom stereocenters. The fourth-order valence-corrected chi connectivity index (χ4v) is 2.85. The number of hydrogen-bond acceptors (Lipinski definition) is 3. The molecular formula is C18H28N2O2. The van der Waals surface area contributed by atoms with E-state index in [1.54, 1.807) is 0 Å². The molecule has 0 aromatic heterocycles. The first kappa shape index (κ1) is 16.8. The zero-order valence-electron chi connectivity index (χ0n) is 14.3. The lowest BCUT2D eigenvalue weighted by Gasteiger charge is -2.21. The maximum Gasteiger partial charge on any atom is 0.226 e. The minimum atomic E-state index is 0.177. The first-order valence-electron chi connectivity index (χ1n) is 8.11. The van der Waals surface area contributed by atoms with Gasteiger partial charge in [0.05, 0.1) is 12.5 Å². The van der Waals surface area contributed by atoms with Crippen molar-refractivity contribution in [3.8, 4) is 5.75 Å². The fraction of sp³-hybridized carbons (Fsp3) is 0.611. The largest absolute Gasteiger partial charge is 0.494 e. The van der Waals surface area contributed by atoms with Crippen molar-refractivity contribution in [1.82, 2.24) is 9.80 Å². The summed E-state index contributed by atoms with van der Waals surface area (Å²) in [5, 5.41) is 0. The highest BCUT2D eigenvalue weighted by atomic mass is 16.5. The standard InChI is InChI=1S/C18H28N2O2/c1-14-6-7-17(12-15(14)2)22-11-5-9-20(4)18(21)16-8-10-19(3)13-16/h6-7,12,16H,5,8-11,13H2,1-4H3/t16-/m0/s1. The van der Waals surface area contributed by atoms with Crippen LogP contribution in [0.15, 0.2) is 18.2 Å². The van der Waals surface area contributed by atoms with E-state index in [0.29, 0.717) is 6.61 Å². The van der Waals surface area contributed by atoms with Crippen LogP contribution in [0.25, 0.3) is 0 Å². The van der Waals surface area contributed by atoms with Gasteiger partial charge in [-0.3, -0.25) is 4.79 Å². The molecule has 0 aliphatic carbocycles. The Labute approximate surface area is 134 Å². The van der Waals surface area contributed by atoms with Crippen LogP contribution in [0.4, 0.5) is 0 Å². The van der Waals surface area contributed by atoms with E-state index in [2.05, 4.69) is 37.9 Å². The van der Waals surface area contributed by atoms with Crippen LogP contribution in [0.2, 0.25) is 0 Å². The third-order valence-electron chi connectivity index (χ3n) is 4.50. The molecule has 1 saturated heterocycles. The quantitative estimate of drug-likeness (QED) is 0.757. The lowest BCUT2D eigenvalue weighted by molar-refractivity contribution is -0.133. The van der Waals surface area contributed by atoms with Crippen LogP contribution >= 0.6 is 0 Å². The van der Waals surface area contributed by atoms with Gasteiger partial charge in [-0.05, 0) is 63.5 Å². The predicted molar refractivity (Wildman–Crippen MR) is 89.3 cm³/mol. The van der Waals surface area contributed by atoms with E-state index >= 15 is 0 Å². The average molecular weight is 304 g/mol. The Kier molecular flexibility index (Phi) is 5.83. The number of ether oxygens (including phenoxy) is 1. The summed E-state index contributed by atoms with van der Waals surface area (Å²) in [6.07, 6.45) is 1.84. The summed E-state index contributed by atoms with van der Waals surface area (Å²) in [7, 11) is 3.97. The minimum absolute atomic E-state index is 0.177. The van der Waals surface area contributed by atoms with Gasteiger partial charge in [-0.25, -0.2) is 0 Å². The van der Waals surface area contributed by atoms with E-state index < -0.39 is 0 Å². The summed E-state index contributed by atoms with van der Waals surface area (Å²) in [5.74, 6) is 1.36. The van der Waals surface area contributed by atoms with Crippen molar-refractivity contribution in [2.24, 2.45) is 5.92 Å². The topological polar surface area (TPSA) is 32.8 Å². The van der Waals surface area contributed by atoms with Gasteiger partial charge in [-0.2, -0.15) is 0 Å². The molecule has 1 aliphatic heterocycles. The Morgan fingerprint density at radius 1 is 1.36 bits per heavy atom.